The molecule has 5 aromatic rings. The molecular weight excluding hydrogens is 539 g/mol. The van der Waals surface area contributed by atoms with Crippen LogP contribution in [0.2, 0.25) is 0 Å². The number of piperidine rings is 1. The van der Waals surface area contributed by atoms with E-state index in [-0.39, 0.29) is 23.7 Å². The van der Waals surface area contributed by atoms with Gasteiger partial charge in [-0.1, -0.05) is 12.1 Å². The molecular formula is C31H27FN6O4. The van der Waals surface area contributed by atoms with Crippen molar-refractivity contribution in [1.29, 1.82) is 5.26 Å². The molecule has 0 aliphatic carbocycles. The van der Waals surface area contributed by atoms with Crippen molar-refractivity contribution < 1.29 is 23.4 Å². The molecule has 0 amide bonds. The van der Waals surface area contributed by atoms with E-state index in [0.717, 1.165) is 48.5 Å². The van der Waals surface area contributed by atoms with Crippen LogP contribution < -0.4 is 4.74 Å². The standard InChI is InChI=1S/C31H27FN6O4/c32-25-12-20(14-33)4-5-23(25)18-41-30-3-1-2-26(36-30)21-8-10-37(11-9-21)17-29-35-27-7-6-22(31(39)40)13-28(27)38(29)16-24-15-34-19-42-24/h1-7,12-13,15,19,21H,8-11,16-18H2,(H,39,40). The summed E-state index contributed by atoms with van der Waals surface area (Å²) >= 11 is 0. The summed E-state index contributed by atoms with van der Waals surface area (Å²) in [7, 11) is 0. The van der Waals surface area contributed by atoms with Crippen LogP contribution in [0.5, 0.6) is 5.88 Å². The third-order valence-corrected chi connectivity index (χ3v) is 7.55. The van der Waals surface area contributed by atoms with Crippen LogP contribution in [-0.2, 0) is 19.7 Å². The van der Waals surface area contributed by atoms with Crippen molar-refractivity contribution in [3.63, 3.8) is 0 Å². The van der Waals surface area contributed by atoms with E-state index in [1.807, 2.05) is 22.8 Å². The van der Waals surface area contributed by atoms with Crippen LogP contribution in [-0.4, -0.2) is 48.6 Å². The molecule has 1 N–H and O–H groups in total. The highest BCUT2D eigenvalue weighted by atomic mass is 19.1. The molecule has 2 aromatic carbocycles. The van der Waals surface area contributed by atoms with E-state index in [2.05, 4.69) is 9.88 Å². The van der Waals surface area contributed by atoms with Gasteiger partial charge in [0.1, 0.15) is 24.0 Å². The molecule has 3 aromatic heterocycles. The number of nitrogens with zero attached hydrogens (tertiary/aromatic N) is 6. The highest BCUT2D eigenvalue weighted by molar-refractivity contribution is 5.92. The van der Waals surface area contributed by atoms with Crippen LogP contribution in [0.15, 0.2) is 71.6 Å². The number of hydrogen-bond acceptors (Lipinski definition) is 8. The lowest BCUT2D eigenvalue weighted by Crippen LogP contribution is -2.33. The molecule has 0 saturated carbocycles. The second-order valence-electron chi connectivity index (χ2n) is 10.2. The maximum atomic E-state index is 14.2. The van der Waals surface area contributed by atoms with Gasteiger partial charge in [-0.3, -0.25) is 4.90 Å². The van der Waals surface area contributed by atoms with Gasteiger partial charge in [0.25, 0.3) is 0 Å². The third-order valence-electron chi connectivity index (χ3n) is 7.55. The Morgan fingerprint density at radius 3 is 2.71 bits per heavy atom. The molecule has 0 bridgehead atoms. The van der Waals surface area contributed by atoms with Gasteiger partial charge in [-0.2, -0.15) is 5.26 Å². The largest absolute Gasteiger partial charge is 0.478 e. The molecule has 11 heteroatoms. The fourth-order valence-corrected chi connectivity index (χ4v) is 5.29. The van der Waals surface area contributed by atoms with Gasteiger partial charge in [0.05, 0.1) is 47.5 Å². The number of nitriles is 1. The highest BCUT2D eigenvalue weighted by Crippen LogP contribution is 2.29. The van der Waals surface area contributed by atoms with Crippen LogP contribution in [0.25, 0.3) is 11.0 Å². The minimum Gasteiger partial charge on any atom is -0.478 e. The number of aromatic carboxylic acids is 1. The first kappa shape index (κ1) is 27.1. The van der Waals surface area contributed by atoms with Gasteiger partial charge >= 0.3 is 5.97 Å². The maximum Gasteiger partial charge on any atom is 0.335 e. The first-order valence-electron chi connectivity index (χ1n) is 13.6. The number of carbonyl (C=O) groups is 1. The molecule has 212 valence electrons. The number of pyridine rings is 1. The number of likely N-dealkylation sites (tertiary alicyclic amines) is 1. The van der Waals surface area contributed by atoms with Crippen molar-refractivity contribution in [3.8, 4) is 11.9 Å². The Hall–Kier alpha value is -5.08. The normalized spacial score (nSPS) is 14.2. The summed E-state index contributed by atoms with van der Waals surface area (Å²) in [5, 5.41) is 18.4. The Kier molecular flexibility index (Phi) is 7.62. The number of oxazole rings is 1. The Bertz CT molecular complexity index is 1770. The topological polar surface area (TPSA) is 130 Å². The molecule has 0 unspecified atom stereocenters. The number of hydrogen-bond donors (Lipinski definition) is 1. The molecule has 10 nitrogen and oxygen atoms in total. The molecule has 42 heavy (non-hydrogen) atoms. The van der Waals surface area contributed by atoms with E-state index in [0.29, 0.717) is 30.3 Å². The van der Waals surface area contributed by atoms with Crippen molar-refractivity contribution in [2.45, 2.75) is 38.5 Å². The summed E-state index contributed by atoms with van der Waals surface area (Å²) < 4.78 is 27.5. The number of halogens is 1. The number of imidazole rings is 1. The van der Waals surface area contributed by atoms with Gasteiger partial charge in [0.15, 0.2) is 6.39 Å². The number of benzene rings is 2. The van der Waals surface area contributed by atoms with Crippen LogP contribution in [0, 0.1) is 17.1 Å². The van der Waals surface area contributed by atoms with Crippen molar-refractivity contribution in [3.05, 3.63) is 107 Å². The van der Waals surface area contributed by atoms with Crippen LogP contribution >= 0.6 is 0 Å². The van der Waals surface area contributed by atoms with Gasteiger partial charge in [-0.05, 0) is 62.3 Å². The first-order valence-corrected chi connectivity index (χ1v) is 13.6. The van der Waals surface area contributed by atoms with E-state index in [9.17, 15) is 14.3 Å². The van der Waals surface area contributed by atoms with E-state index >= 15 is 0 Å². The number of carboxylic acids is 1. The zero-order valence-electron chi connectivity index (χ0n) is 22.6. The number of fused-ring (bicyclic) bond motifs is 1. The summed E-state index contributed by atoms with van der Waals surface area (Å²) in [4.78, 5) is 27.5. The number of aromatic nitrogens is 4. The second kappa shape index (κ2) is 11.8. The predicted octanol–water partition coefficient (Wildman–Crippen LogP) is 5.14. The molecule has 1 aliphatic rings. The van der Waals surface area contributed by atoms with E-state index in [1.165, 1.54) is 12.5 Å². The molecule has 6 rings (SSSR count). The molecule has 1 aliphatic heterocycles. The lowest BCUT2D eigenvalue weighted by Gasteiger charge is -2.31. The summed E-state index contributed by atoms with van der Waals surface area (Å²) in [6.07, 6.45) is 4.81. The van der Waals surface area contributed by atoms with Gasteiger partial charge in [-0.15, -0.1) is 0 Å². The fraction of sp³-hybridized carbons (Fsp3) is 0.258. The zero-order valence-corrected chi connectivity index (χ0v) is 22.6. The molecule has 1 fully saturated rings. The Labute approximate surface area is 240 Å². The SMILES string of the molecule is N#Cc1ccc(COc2cccc(C3CCN(Cc4nc5ccc(C(=O)O)cc5n4Cc4cnco4)CC3)n2)c(F)c1. The monoisotopic (exact) mass is 566 g/mol. The van der Waals surface area contributed by atoms with Crippen molar-refractivity contribution >= 4 is 17.0 Å². The number of ether oxygens (including phenoxy) is 1. The third kappa shape index (κ3) is 5.84. The quantitative estimate of drug-likeness (QED) is 0.258. The Morgan fingerprint density at radius 1 is 1.12 bits per heavy atom. The van der Waals surface area contributed by atoms with Crippen molar-refractivity contribution in [2.24, 2.45) is 0 Å². The van der Waals surface area contributed by atoms with Crippen molar-refractivity contribution in [1.82, 2.24) is 24.4 Å². The van der Waals surface area contributed by atoms with E-state index < -0.39 is 11.8 Å². The average Bonchev–Trinajstić information content (AvgIpc) is 3.65. The van der Waals surface area contributed by atoms with Crippen LogP contribution in [0.3, 0.4) is 0 Å². The van der Waals surface area contributed by atoms with E-state index in [1.54, 1.807) is 42.6 Å². The number of carboxylic acid groups (broad SMARTS) is 1. The minimum absolute atomic E-state index is 0.0233. The maximum absolute atomic E-state index is 14.2. The van der Waals surface area contributed by atoms with Gasteiger partial charge < -0.3 is 18.8 Å². The smallest absolute Gasteiger partial charge is 0.335 e. The molecule has 4 heterocycles. The zero-order chi connectivity index (χ0) is 29.1. The summed E-state index contributed by atoms with van der Waals surface area (Å²) in [5.41, 5.74) is 3.23. The van der Waals surface area contributed by atoms with Crippen LogP contribution in [0.4, 0.5) is 4.39 Å². The molecule has 1 saturated heterocycles. The Morgan fingerprint density at radius 2 is 1.98 bits per heavy atom. The van der Waals surface area contributed by atoms with Crippen molar-refractivity contribution in [2.75, 3.05) is 13.1 Å². The fourth-order valence-electron chi connectivity index (χ4n) is 5.29. The highest BCUT2D eigenvalue weighted by Gasteiger charge is 2.24. The first-order chi connectivity index (χ1) is 20.5. The van der Waals surface area contributed by atoms with Crippen LogP contribution in [0.1, 0.15) is 57.5 Å². The average molecular weight is 567 g/mol. The van der Waals surface area contributed by atoms with Gasteiger partial charge in [0, 0.05) is 23.2 Å². The molecule has 0 atom stereocenters. The summed E-state index contributed by atoms with van der Waals surface area (Å²) in [6, 6.07) is 16.8. The predicted molar refractivity (Wildman–Crippen MR) is 149 cm³/mol. The summed E-state index contributed by atoms with van der Waals surface area (Å²) in [5.74, 6) is 0.700. The Balaban J connectivity index is 1.12. The van der Waals surface area contributed by atoms with Gasteiger partial charge in [-0.25, -0.2) is 24.1 Å². The lowest BCUT2D eigenvalue weighted by atomic mass is 9.93. The van der Waals surface area contributed by atoms with E-state index in [4.69, 9.17) is 24.4 Å². The second-order valence-corrected chi connectivity index (χ2v) is 10.2. The minimum atomic E-state index is -0.988. The molecule has 0 radical (unpaired) electrons. The lowest BCUT2D eigenvalue weighted by molar-refractivity contribution is 0.0697. The molecule has 0 spiro atoms. The number of rotatable bonds is 9. The summed E-state index contributed by atoms with van der Waals surface area (Å²) in [6.45, 7) is 2.69. The van der Waals surface area contributed by atoms with Gasteiger partial charge in [0.2, 0.25) is 5.88 Å².